The maximum Gasteiger partial charge on any atom is 0.166 e. The van der Waals surface area contributed by atoms with E-state index in [1.54, 1.807) is 19.2 Å². The maximum absolute atomic E-state index is 13.0. The van der Waals surface area contributed by atoms with Gasteiger partial charge in [-0.3, -0.25) is 4.90 Å². The lowest BCUT2D eigenvalue weighted by atomic mass is 10.0. The highest BCUT2D eigenvalue weighted by Crippen LogP contribution is 2.23. The van der Waals surface area contributed by atoms with Gasteiger partial charge in [0.05, 0.1) is 26.4 Å². The van der Waals surface area contributed by atoms with Crippen LogP contribution in [0.2, 0.25) is 0 Å². The molecule has 150 valence electrons. The van der Waals surface area contributed by atoms with Gasteiger partial charge >= 0.3 is 0 Å². The van der Waals surface area contributed by atoms with Gasteiger partial charge in [-0.1, -0.05) is 24.3 Å². The van der Waals surface area contributed by atoms with Crippen LogP contribution in [0.15, 0.2) is 48.5 Å². The number of nitrogens with one attached hydrogen (secondary N) is 2. The van der Waals surface area contributed by atoms with Gasteiger partial charge in [0.25, 0.3) is 0 Å². The van der Waals surface area contributed by atoms with Crippen LogP contribution < -0.4 is 15.4 Å². The molecule has 0 radical (unpaired) electrons. The Morgan fingerprint density at radius 2 is 1.79 bits per heavy atom. The molecular formula is C21H26FN3O2S. The van der Waals surface area contributed by atoms with Crippen LogP contribution >= 0.6 is 12.2 Å². The third-order valence-electron chi connectivity index (χ3n) is 4.81. The Balaban J connectivity index is 1.58. The van der Waals surface area contributed by atoms with Gasteiger partial charge in [0.1, 0.15) is 11.6 Å². The molecule has 2 aromatic rings. The SMILES string of the molecule is COc1ccc([C@H](CNC(=S)NCc2ccc(F)cc2)N2CCOCC2)cc1. The summed E-state index contributed by atoms with van der Waals surface area (Å²) in [5, 5.41) is 7.08. The Hall–Kier alpha value is -2.22. The number of ether oxygens (including phenoxy) is 2. The lowest BCUT2D eigenvalue weighted by molar-refractivity contribution is 0.0170. The average molecular weight is 404 g/mol. The average Bonchev–Trinajstić information content (AvgIpc) is 2.74. The van der Waals surface area contributed by atoms with E-state index in [1.807, 2.05) is 12.1 Å². The summed E-state index contributed by atoms with van der Waals surface area (Å²) in [4.78, 5) is 2.40. The molecule has 1 atom stereocenters. The molecule has 0 spiro atoms. The maximum atomic E-state index is 13.0. The molecule has 3 rings (SSSR count). The summed E-state index contributed by atoms with van der Waals surface area (Å²) < 4.78 is 23.8. The third kappa shape index (κ3) is 5.89. The van der Waals surface area contributed by atoms with Crippen LogP contribution in [-0.4, -0.2) is 50.0 Å². The van der Waals surface area contributed by atoms with Gasteiger partial charge < -0.3 is 20.1 Å². The van der Waals surface area contributed by atoms with Crippen LogP contribution in [0.1, 0.15) is 17.2 Å². The summed E-state index contributed by atoms with van der Waals surface area (Å²) in [7, 11) is 1.67. The molecule has 0 aromatic heterocycles. The first-order valence-electron chi connectivity index (χ1n) is 9.37. The van der Waals surface area contributed by atoms with Crippen LogP contribution in [0.25, 0.3) is 0 Å². The molecule has 7 heteroatoms. The molecule has 2 aromatic carbocycles. The fourth-order valence-corrected chi connectivity index (χ4v) is 3.36. The van der Waals surface area contributed by atoms with E-state index in [9.17, 15) is 4.39 Å². The predicted molar refractivity (Wildman–Crippen MR) is 112 cm³/mol. The van der Waals surface area contributed by atoms with Gasteiger partial charge in [-0.25, -0.2) is 4.39 Å². The van der Waals surface area contributed by atoms with Crippen molar-refractivity contribution in [2.75, 3.05) is 40.0 Å². The molecule has 1 heterocycles. The highest BCUT2D eigenvalue weighted by atomic mass is 32.1. The van der Waals surface area contributed by atoms with E-state index >= 15 is 0 Å². The van der Waals surface area contributed by atoms with Crippen molar-refractivity contribution in [3.8, 4) is 5.75 Å². The van der Waals surface area contributed by atoms with Crippen molar-refractivity contribution in [2.24, 2.45) is 0 Å². The summed E-state index contributed by atoms with van der Waals surface area (Å²) >= 11 is 5.43. The Morgan fingerprint density at radius 1 is 1.11 bits per heavy atom. The minimum Gasteiger partial charge on any atom is -0.497 e. The molecule has 0 amide bonds. The van der Waals surface area contributed by atoms with Crippen LogP contribution in [0, 0.1) is 5.82 Å². The second-order valence-corrected chi connectivity index (χ2v) is 7.04. The fourth-order valence-electron chi connectivity index (χ4n) is 3.21. The number of halogens is 1. The molecular weight excluding hydrogens is 377 g/mol. The van der Waals surface area contributed by atoms with Crippen LogP contribution in [0.3, 0.4) is 0 Å². The number of hydrogen-bond acceptors (Lipinski definition) is 4. The van der Waals surface area contributed by atoms with Gasteiger partial charge in [0, 0.05) is 26.2 Å². The second-order valence-electron chi connectivity index (χ2n) is 6.63. The Bertz CT molecular complexity index is 749. The quantitative estimate of drug-likeness (QED) is 0.694. The van der Waals surface area contributed by atoms with Crippen molar-refractivity contribution < 1.29 is 13.9 Å². The van der Waals surface area contributed by atoms with Crippen molar-refractivity contribution in [1.82, 2.24) is 15.5 Å². The van der Waals surface area contributed by atoms with E-state index in [1.165, 1.54) is 17.7 Å². The van der Waals surface area contributed by atoms with Gasteiger partial charge in [0.15, 0.2) is 5.11 Å². The second kappa shape index (κ2) is 10.4. The van der Waals surface area contributed by atoms with E-state index in [0.717, 1.165) is 37.6 Å². The normalized spacial score (nSPS) is 15.6. The molecule has 0 saturated carbocycles. The number of benzene rings is 2. The number of rotatable bonds is 7. The molecule has 1 aliphatic heterocycles. The molecule has 2 N–H and O–H groups in total. The fraction of sp³-hybridized carbons (Fsp3) is 0.381. The molecule has 1 fully saturated rings. The van der Waals surface area contributed by atoms with E-state index < -0.39 is 0 Å². The van der Waals surface area contributed by atoms with Gasteiger partial charge in [0.2, 0.25) is 0 Å². The Labute approximate surface area is 170 Å². The largest absolute Gasteiger partial charge is 0.497 e. The smallest absolute Gasteiger partial charge is 0.166 e. The topological polar surface area (TPSA) is 45.8 Å². The lowest BCUT2D eigenvalue weighted by Gasteiger charge is -2.35. The van der Waals surface area contributed by atoms with Crippen LogP contribution in [-0.2, 0) is 11.3 Å². The first-order chi connectivity index (χ1) is 13.7. The van der Waals surface area contributed by atoms with Crippen LogP contribution in [0.5, 0.6) is 5.75 Å². The van der Waals surface area contributed by atoms with Crippen molar-refractivity contribution in [1.29, 1.82) is 0 Å². The highest BCUT2D eigenvalue weighted by Gasteiger charge is 2.22. The Morgan fingerprint density at radius 3 is 2.43 bits per heavy atom. The first kappa shape index (κ1) is 20.5. The van der Waals surface area contributed by atoms with Gasteiger partial charge in [-0.05, 0) is 47.6 Å². The zero-order valence-corrected chi connectivity index (χ0v) is 16.8. The van der Waals surface area contributed by atoms with E-state index in [4.69, 9.17) is 21.7 Å². The zero-order chi connectivity index (χ0) is 19.8. The minimum absolute atomic E-state index is 0.181. The zero-order valence-electron chi connectivity index (χ0n) is 16.0. The van der Waals surface area contributed by atoms with Crippen molar-refractivity contribution in [3.63, 3.8) is 0 Å². The van der Waals surface area contributed by atoms with Crippen LogP contribution in [0.4, 0.5) is 4.39 Å². The molecule has 5 nitrogen and oxygen atoms in total. The molecule has 0 unspecified atom stereocenters. The third-order valence-corrected chi connectivity index (χ3v) is 5.10. The number of methoxy groups -OCH3 is 1. The number of nitrogens with zero attached hydrogens (tertiary/aromatic N) is 1. The lowest BCUT2D eigenvalue weighted by Crippen LogP contribution is -2.45. The van der Waals surface area contributed by atoms with Crippen molar-refractivity contribution >= 4 is 17.3 Å². The molecule has 1 saturated heterocycles. The summed E-state index contributed by atoms with van der Waals surface area (Å²) in [6.07, 6.45) is 0. The monoisotopic (exact) mass is 403 g/mol. The summed E-state index contributed by atoms with van der Waals surface area (Å²) in [6, 6.07) is 14.7. The van der Waals surface area contributed by atoms with Crippen molar-refractivity contribution in [2.45, 2.75) is 12.6 Å². The van der Waals surface area contributed by atoms with E-state index in [-0.39, 0.29) is 11.9 Å². The first-order valence-corrected chi connectivity index (χ1v) is 9.78. The molecule has 1 aliphatic rings. The number of morpholine rings is 1. The van der Waals surface area contributed by atoms with Gasteiger partial charge in [-0.2, -0.15) is 0 Å². The summed E-state index contributed by atoms with van der Waals surface area (Å²) in [6.45, 7) is 4.47. The van der Waals surface area contributed by atoms with E-state index in [2.05, 4.69) is 27.7 Å². The molecule has 28 heavy (non-hydrogen) atoms. The predicted octanol–water partition coefficient (Wildman–Crippen LogP) is 2.87. The van der Waals surface area contributed by atoms with E-state index in [0.29, 0.717) is 18.2 Å². The van der Waals surface area contributed by atoms with Crippen molar-refractivity contribution in [3.05, 3.63) is 65.5 Å². The number of thiocarbonyl (C=S) groups is 1. The number of hydrogen-bond donors (Lipinski definition) is 2. The molecule has 0 aliphatic carbocycles. The summed E-state index contributed by atoms with van der Waals surface area (Å²) in [5.74, 6) is 0.603. The van der Waals surface area contributed by atoms with Gasteiger partial charge in [-0.15, -0.1) is 0 Å². The summed E-state index contributed by atoms with van der Waals surface area (Å²) in [5.41, 5.74) is 2.18. The molecule has 0 bridgehead atoms. The minimum atomic E-state index is -0.239. The standard InChI is InChI=1S/C21H26FN3O2S/c1-26-19-8-4-17(5-9-19)20(25-10-12-27-13-11-25)15-24-21(28)23-14-16-2-6-18(22)7-3-16/h2-9,20H,10-15H2,1H3,(H2,23,24,28)/t20-/m0/s1. The Kier molecular flexibility index (Phi) is 7.59. The highest BCUT2D eigenvalue weighted by molar-refractivity contribution is 7.80.